The van der Waals surface area contributed by atoms with Gasteiger partial charge in [0.25, 0.3) is 0 Å². The van der Waals surface area contributed by atoms with Crippen molar-refractivity contribution in [2.75, 3.05) is 58.9 Å². The molecule has 6 nitrogen and oxygen atoms in total. The van der Waals surface area contributed by atoms with E-state index in [1.165, 1.54) is 19.3 Å². The lowest BCUT2D eigenvalue weighted by atomic mass is 9.91. The summed E-state index contributed by atoms with van der Waals surface area (Å²) in [5, 5.41) is 3.32. The zero-order valence-corrected chi connectivity index (χ0v) is 25.4. The first-order valence-electron chi connectivity index (χ1n) is 15.5. The summed E-state index contributed by atoms with van der Waals surface area (Å²) in [6.07, 6.45) is 8.91. The lowest BCUT2D eigenvalue weighted by Gasteiger charge is -2.35. The van der Waals surface area contributed by atoms with E-state index in [0.717, 1.165) is 96.9 Å². The fourth-order valence-electron chi connectivity index (χ4n) is 5.28. The van der Waals surface area contributed by atoms with E-state index in [0.29, 0.717) is 17.7 Å². The third-order valence-electron chi connectivity index (χ3n) is 7.80. The number of likely N-dealkylation sites (tertiary alicyclic amines) is 1. The van der Waals surface area contributed by atoms with Crippen molar-refractivity contribution in [1.29, 1.82) is 0 Å². The van der Waals surface area contributed by atoms with Crippen LogP contribution in [0, 0.1) is 17.8 Å². The molecule has 3 heterocycles. The molecule has 0 saturated carbocycles. The highest BCUT2D eigenvalue weighted by atomic mass is 16.2. The highest BCUT2D eigenvalue weighted by molar-refractivity contribution is 5.79. The van der Waals surface area contributed by atoms with Crippen LogP contribution in [0.3, 0.4) is 0 Å². The summed E-state index contributed by atoms with van der Waals surface area (Å²) in [6, 6.07) is 0. The smallest absolute Gasteiger partial charge is 0.225 e. The Hall–Kier alpha value is -1.14. The van der Waals surface area contributed by atoms with Gasteiger partial charge < -0.3 is 20.0 Å². The first-order valence-corrected chi connectivity index (χ1v) is 15.5. The fraction of sp³-hybridized carbons (Fsp3) is 0.933. The number of piperidine rings is 2. The number of carbonyl (C=O) groups excluding carboxylic acids is 2. The summed E-state index contributed by atoms with van der Waals surface area (Å²) in [4.78, 5) is 31.1. The molecule has 3 aliphatic rings. The lowest BCUT2D eigenvalue weighted by Crippen LogP contribution is -2.50. The van der Waals surface area contributed by atoms with Crippen LogP contribution < -0.4 is 5.32 Å². The molecule has 3 rings (SSSR count). The quantitative estimate of drug-likeness (QED) is 0.480. The Kier molecular flexibility index (Phi) is 21.2. The molecule has 1 atom stereocenters. The van der Waals surface area contributed by atoms with Crippen LogP contribution in [0.5, 0.6) is 0 Å². The second-order valence-corrected chi connectivity index (χ2v) is 9.85. The number of nitrogens with one attached hydrogen (secondary N) is 1. The molecule has 1 N–H and O–H groups in total. The Balaban J connectivity index is 0.000000598. The van der Waals surface area contributed by atoms with Crippen LogP contribution in [0.25, 0.3) is 0 Å². The van der Waals surface area contributed by atoms with Gasteiger partial charge in [0.1, 0.15) is 0 Å². The molecule has 0 aromatic heterocycles. The van der Waals surface area contributed by atoms with E-state index >= 15 is 0 Å². The van der Waals surface area contributed by atoms with Crippen molar-refractivity contribution in [3.63, 3.8) is 0 Å². The molecule has 36 heavy (non-hydrogen) atoms. The summed E-state index contributed by atoms with van der Waals surface area (Å²) in [5.74, 6) is 2.24. The van der Waals surface area contributed by atoms with Gasteiger partial charge in [-0.25, -0.2) is 0 Å². The van der Waals surface area contributed by atoms with E-state index in [-0.39, 0.29) is 5.92 Å². The zero-order valence-electron chi connectivity index (χ0n) is 25.4. The molecule has 6 heteroatoms. The van der Waals surface area contributed by atoms with E-state index in [1.807, 2.05) is 27.7 Å². The average molecular weight is 511 g/mol. The van der Waals surface area contributed by atoms with Crippen molar-refractivity contribution in [2.45, 2.75) is 107 Å². The summed E-state index contributed by atoms with van der Waals surface area (Å²) in [5.41, 5.74) is 0. The summed E-state index contributed by atoms with van der Waals surface area (Å²) >= 11 is 0. The number of carbonyl (C=O) groups is 2. The Morgan fingerprint density at radius 1 is 0.778 bits per heavy atom. The van der Waals surface area contributed by atoms with E-state index in [1.54, 1.807) is 0 Å². The molecule has 0 radical (unpaired) electrons. The van der Waals surface area contributed by atoms with Gasteiger partial charge in [-0.05, 0) is 64.1 Å². The number of amides is 2. The van der Waals surface area contributed by atoms with Crippen LogP contribution in [0.1, 0.15) is 107 Å². The van der Waals surface area contributed by atoms with E-state index in [4.69, 9.17) is 0 Å². The van der Waals surface area contributed by atoms with Gasteiger partial charge in [0.05, 0.1) is 0 Å². The molecule has 3 saturated heterocycles. The molecule has 214 valence electrons. The average Bonchev–Trinajstić information content (AvgIpc) is 2.98. The number of nitrogens with zero attached hydrogens (tertiary/aromatic N) is 3. The molecule has 3 fully saturated rings. The standard InChI is InChI=1S/C13H24N2O.C13H26N2O.2C2H6/c1-2-11-5-9-15(10-6-11)13(16)12-3-7-14-8-4-12;1-4-7-12(5-2)13(16)15-10-8-14(6-3)9-11-15;2*1-2/h11-12,14H,2-10H2,1H3;12H,4-11H2,1-3H3;2*1-2H3. The predicted octanol–water partition coefficient (Wildman–Crippen LogP) is 5.66. The highest BCUT2D eigenvalue weighted by Gasteiger charge is 2.28. The van der Waals surface area contributed by atoms with Gasteiger partial charge in [-0.2, -0.15) is 0 Å². The number of hydrogen-bond acceptors (Lipinski definition) is 4. The molecule has 0 spiro atoms. The molecular weight excluding hydrogens is 448 g/mol. The summed E-state index contributed by atoms with van der Waals surface area (Å²) in [7, 11) is 0. The largest absolute Gasteiger partial charge is 0.342 e. The van der Waals surface area contributed by atoms with Crippen molar-refractivity contribution in [3.05, 3.63) is 0 Å². The minimum Gasteiger partial charge on any atom is -0.342 e. The van der Waals surface area contributed by atoms with Gasteiger partial charge in [-0.3, -0.25) is 9.59 Å². The molecule has 0 aromatic carbocycles. The maximum Gasteiger partial charge on any atom is 0.225 e. The van der Waals surface area contributed by atoms with Crippen molar-refractivity contribution >= 4 is 11.8 Å². The maximum atomic E-state index is 12.2. The molecule has 0 aromatic rings. The molecule has 2 amide bonds. The predicted molar refractivity (Wildman–Crippen MR) is 155 cm³/mol. The minimum absolute atomic E-state index is 0.262. The normalized spacial score (nSPS) is 20.1. The minimum atomic E-state index is 0.262. The van der Waals surface area contributed by atoms with Crippen LogP contribution in [-0.2, 0) is 9.59 Å². The van der Waals surface area contributed by atoms with Crippen molar-refractivity contribution in [1.82, 2.24) is 20.0 Å². The Morgan fingerprint density at radius 2 is 1.33 bits per heavy atom. The lowest BCUT2D eigenvalue weighted by molar-refractivity contribution is -0.138. The first kappa shape index (κ1) is 34.9. The van der Waals surface area contributed by atoms with E-state index in [9.17, 15) is 9.59 Å². The number of hydrogen-bond donors (Lipinski definition) is 1. The Bertz CT molecular complexity index is 498. The van der Waals surface area contributed by atoms with Crippen LogP contribution in [0.15, 0.2) is 0 Å². The third kappa shape index (κ3) is 12.4. The van der Waals surface area contributed by atoms with Gasteiger partial charge in [-0.1, -0.05) is 68.2 Å². The third-order valence-corrected chi connectivity index (χ3v) is 7.80. The summed E-state index contributed by atoms with van der Waals surface area (Å²) in [6.45, 7) is 25.8. The molecule has 1 unspecified atom stereocenters. The maximum absolute atomic E-state index is 12.2. The fourth-order valence-corrected chi connectivity index (χ4v) is 5.28. The molecule has 0 aliphatic carbocycles. The van der Waals surface area contributed by atoms with Gasteiger partial charge in [0.15, 0.2) is 0 Å². The second-order valence-electron chi connectivity index (χ2n) is 9.85. The van der Waals surface area contributed by atoms with Crippen LogP contribution in [-0.4, -0.2) is 85.4 Å². The molecule has 0 bridgehead atoms. The second kappa shape index (κ2) is 21.9. The van der Waals surface area contributed by atoms with Crippen molar-refractivity contribution in [3.8, 4) is 0 Å². The topological polar surface area (TPSA) is 55.9 Å². The van der Waals surface area contributed by atoms with Gasteiger partial charge >= 0.3 is 0 Å². The Labute approximate surface area is 224 Å². The van der Waals surface area contributed by atoms with Crippen molar-refractivity contribution < 1.29 is 9.59 Å². The highest BCUT2D eigenvalue weighted by Crippen LogP contribution is 2.23. The summed E-state index contributed by atoms with van der Waals surface area (Å²) < 4.78 is 0. The van der Waals surface area contributed by atoms with Crippen LogP contribution >= 0.6 is 0 Å². The van der Waals surface area contributed by atoms with Gasteiger partial charge in [0.2, 0.25) is 11.8 Å². The Morgan fingerprint density at radius 3 is 1.78 bits per heavy atom. The zero-order chi connectivity index (χ0) is 27.3. The number of likely N-dealkylation sites (N-methyl/N-ethyl adjacent to an activating group) is 1. The molecule has 3 aliphatic heterocycles. The van der Waals surface area contributed by atoms with E-state index in [2.05, 4.69) is 47.7 Å². The monoisotopic (exact) mass is 510 g/mol. The van der Waals surface area contributed by atoms with Crippen LogP contribution in [0.2, 0.25) is 0 Å². The molecular formula is C30H62N4O2. The van der Waals surface area contributed by atoms with Crippen molar-refractivity contribution in [2.24, 2.45) is 17.8 Å². The van der Waals surface area contributed by atoms with Crippen LogP contribution in [0.4, 0.5) is 0 Å². The van der Waals surface area contributed by atoms with Gasteiger partial charge in [0, 0.05) is 51.1 Å². The number of piperazine rings is 1. The van der Waals surface area contributed by atoms with E-state index < -0.39 is 0 Å². The SMILES string of the molecule is CC.CC.CCC1CCN(C(=O)C2CCNCC2)CC1.CCCC(CC)C(=O)N1CCN(CC)CC1. The van der Waals surface area contributed by atoms with Gasteiger partial charge in [-0.15, -0.1) is 0 Å². The first-order chi connectivity index (χ1) is 17.5. The number of rotatable bonds is 7.